The van der Waals surface area contributed by atoms with Gasteiger partial charge in [-0.15, -0.1) is 0 Å². The molecule has 0 heterocycles. The minimum absolute atomic E-state index is 0.0632. The summed E-state index contributed by atoms with van der Waals surface area (Å²) in [5.41, 5.74) is 0. The third-order valence-electron chi connectivity index (χ3n) is 12.9. The van der Waals surface area contributed by atoms with Gasteiger partial charge in [0.25, 0.3) is 0 Å². The van der Waals surface area contributed by atoms with Gasteiger partial charge in [0, 0.05) is 6.42 Å². The van der Waals surface area contributed by atoms with Crippen LogP contribution in [0.25, 0.3) is 0 Å². The molecule has 0 saturated heterocycles. The molecule has 0 aliphatic rings. The Kier molecular flexibility index (Phi) is 47.3. The number of carbonyl (C=O) groups is 1. The Morgan fingerprint density at radius 2 is 0.831 bits per heavy atom. The fourth-order valence-electron chi connectivity index (χ4n) is 8.45. The number of hydrogen-bond acceptors (Lipinski definition) is 5. The van der Waals surface area contributed by atoms with Crippen molar-refractivity contribution in [2.24, 2.45) is 0 Å². The third-order valence-corrected chi connectivity index (χ3v) is 13.9. The standard InChI is InChI=1S/C56H111N2O6P/c1-6-8-10-12-14-16-18-20-22-23-24-25-26-27-28-29-30-31-32-33-34-36-38-40-42-44-46-48-50-56(60)57-54(53-64-65(61,62)63-52-51-58(3,4)5)55(59)49-47-45-43-41-39-37-35-21-19-17-15-13-11-9-7-2/h27-28,47,49,54-55,59H,6-26,29-46,48,50-53H2,1-5H3,(H-,57,60,61,62)/p+1/b28-27-,49-47+. The van der Waals surface area contributed by atoms with Gasteiger partial charge in [-0.1, -0.05) is 250 Å². The van der Waals surface area contributed by atoms with Crippen LogP contribution in [0, 0.1) is 0 Å². The van der Waals surface area contributed by atoms with Gasteiger partial charge < -0.3 is 19.8 Å². The van der Waals surface area contributed by atoms with Gasteiger partial charge in [0.15, 0.2) is 0 Å². The second-order valence-electron chi connectivity index (χ2n) is 20.7. The molecule has 0 aliphatic heterocycles. The molecule has 0 radical (unpaired) electrons. The van der Waals surface area contributed by atoms with E-state index in [2.05, 4.69) is 31.3 Å². The molecule has 9 heteroatoms. The number of amides is 1. The summed E-state index contributed by atoms with van der Waals surface area (Å²) in [6.07, 6.45) is 59.9. The van der Waals surface area contributed by atoms with Crippen LogP contribution in [0.3, 0.4) is 0 Å². The zero-order valence-corrected chi connectivity index (χ0v) is 44.9. The number of carbonyl (C=O) groups excluding carboxylic acids is 1. The van der Waals surface area contributed by atoms with Gasteiger partial charge in [-0.3, -0.25) is 13.8 Å². The zero-order valence-electron chi connectivity index (χ0n) is 44.0. The summed E-state index contributed by atoms with van der Waals surface area (Å²) in [4.78, 5) is 23.3. The lowest BCUT2D eigenvalue weighted by molar-refractivity contribution is -0.870. The van der Waals surface area contributed by atoms with Crippen molar-refractivity contribution in [3.63, 3.8) is 0 Å². The lowest BCUT2D eigenvalue weighted by atomic mass is 10.0. The Morgan fingerprint density at radius 3 is 1.18 bits per heavy atom. The summed E-state index contributed by atoms with van der Waals surface area (Å²) >= 11 is 0. The maximum absolute atomic E-state index is 13.0. The first-order chi connectivity index (χ1) is 31.5. The number of aliphatic hydroxyl groups is 1. The van der Waals surface area contributed by atoms with E-state index in [-0.39, 0.29) is 19.1 Å². The molecule has 0 aromatic carbocycles. The molecular weight excluding hydrogens is 828 g/mol. The van der Waals surface area contributed by atoms with Crippen LogP contribution in [0.15, 0.2) is 24.3 Å². The van der Waals surface area contributed by atoms with Crippen molar-refractivity contribution in [3.8, 4) is 0 Å². The van der Waals surface area contributed by atoms with Crippen molar-refractivity contribution in [3.05, 3.63) is 24.3 Å². The number of phosphoric acid groups is 1. The molecule has 0 aromatic rings. The molecule has 0 rings (SSSR count). The molecular formula is C56H112N2O6P+. The van der Waals surface area contributed by atoms with E-state index in [1.165, 1.54) is 218 Å². The topological polar surface area (TPSA) is 105 Å². The molecule has 65 heavy (non-hydrogen) atoms. The van der Waals surface area contributed by atoms with Crippen molar-refractivity contribution in [1.82, 2.24) is 5.32 Å². The average Bonchev–Trinajstić information content (AvgIpc) is 3.26. The highest BCUT2D eigenvalue weighted by Crippen LogP contribution is 2.43. The highest BCUT2D eigenvalue weighted by Gasteiger charge is 2.27. The van der Waals surface area contributed by atoms with Crippen LogP contribution in [-0.2, 0) is 18.4 Å². The van der Waals surface area contributed by atoms with Crippen LogP contribution in [0.5, 0.6) is 0 Å². The summed E-state index contributed by atoms with van der Waals surface area (Å²) in [5, 5.41) is 13.9. The van der Waals surface area contributed by atoms with Crippen LogP contribution in [0.2, 0.25) is 0 Å². The van der Waals surface area contributed by atoms with Crippen LogP contribution in [0.4, 0.5) is 0 Å². The maximum Gasteiger partial charge on any atom is 0.472 e. The first-order valence-corrected chi connectivity index (χ1v) is 29.7. The van der Waals surface area contributed by atoms with E-state index in [4.69, 9.17) is 9.05 Å². The van der Waals surface area contributed by atoms with Gasteiger partial charge in [0.2, 0.25) is 5.91 Å². The maximum atomic E-state index is 13.0. The molecule has 0 saturated carbocycles. The highest BCUT2D eigenvalue weighted by atomic mass is 31.2. The fourth-order valence-corrected chi connectivity index (χ4v) is 9.19. The Bertz CT molecular complexity index is 1110. The second-order valence-corrected chi connectivity index (χ2v) is 22.1. The third kappa shape index (κ3) is 50.7. The fraction of sp³-hybridized carbons (Fsp3) is 0.911. The lowest BCUT2D eigenvalue weighted by Crippen LogP contribution is -2.45. The van der Waals surface area contributed by atoms with Gasteiger partial charge in [-0.25, -0.2) is 4.57 Å². The van der Waals surface area contributed by atoms with E-state index in [9.17, 15) is 19.4 Å². The SMILES string of the molecule is CCCCCCCCCCCCCC/C=C\CCCCCCCCCCCCCCC(=O)NC(COP(=O)(O)OCC[N+](C)(C)C)C(O)/C=C/CCCCCCCCCCCCCCC. The van der Waals surface area contributed by atoms with Crippen molar-refractivity contribution in [2.75, 3.05) is 40.9 Å². The van der Waals surface area contributed by atoms with Crippen molar-refractivity contribution >= 4 is 13.7 Å². The number of aliphatic hydroxyl groups excluding tert-OH is 1. The Morgan fingerprint density at radius 1 is 0.508 bits per heavy atom. The summed E-state index contributed by atoms with van der Waals surface area (Å²) < 4.78 is 23.7. The summed E-state index contributed by atoms with van der Waals surface area (Å²) in [5.74, 6) is -0.174. The number of nitrogens with zero attached hydrogens (tertiary/aromatic N) is 1. The summed E-state index contributed by atoms with van der Waals surface area (Å²) in [7, 11) is 1.58. The molecule has 3 N–H and O–H groups in total. The normalized spacial score (nSPS) is 14.1. The van der Waals surface area contributed by atoms with E-state index in [1.807, 2.05) is 27.2 Å². The molecule has 0 spiro atoms. The lowest BCUT2D eigenvalue weighted by Gasteiger charge is -2.25. The summed E-state index contributed by atoms with van der Waals surface area (Å²) in [6.45, 7) is 4.85. The van der Waals surface area contributed by atoms with Gasteiger partial charge >= 0.3 is 7.82 Å². The highest BCUT2D eigenvalue weighted by molar-refractivity contribution is 7.47. The number of allylic oxidation sites excluding steroid dienone is 3. The monoisotopic (exact) mass is 940 g/mol. The van der Waals surface area contributed by atoms with Gasteiger partial charge in [-0.2, -0.15) is 0 Å². The number of quaternary nitrogens is 1. The van der Waals surface area contributed by atoms with E-state index in [0.29, 0.717) is 17.4 Å². The second kappa shape index (κ2) is 48.0. The number of phosphoric ester groups is 1. The number of nitrogens with one attached hydrogen (secondary N) is 1. The first-order valence-electron chi connectivity index (χ1n) is 28.2. The first kappa shape index (κ1) is 64.0. The molecule has 0 aromatic heterocycles. The molecule has 3 unspecified atom stereocenters. The van der Waals surface area contributed by atoms with Crippen LogP contribution >= 0.6 is 7.82 Å². The van der Waals surface area contributed by atoms with E-state index >= 15 is 0 Å². The van der Waals surface area contributed by atoms with Crippen molar-refractivity contribution in [1.29, 1.82) is 0 Å². The number of hydrogen-bond donors (Lipinski definition) is 3. The van der Waals surface area contributed by atoms with Crippen LogP contribution in [-0.4, -0.2) is 73.4 Å². The molecule has 386 valence electrons. The largest absolute Gasteiger partial charge is 0.472 e. The molecule has 0 bridgehead atoms. The Labute approximate surface area is 404 Å². The van der Waals surface area contributed by atoms with E-state index in [1.54, 1.807) is 6.08 Å². The van der Waals surface area contributed by atoms with Crippen LogP contribution < -0.4 is 5.32 Å². The quantitative estimate of drug-likeness (QED) is 0.0243. The zero-order chi connectivity index (χ0) is 47.8. The molecule has 8 nitrogen and oxygen atoms in total. The van der Waals surface area contributed by atoms with Crippen molar-refractivity contribution < 1.29 is 32.9 Å². The van der Waals surface area contributed by atoms with Gasteiger partial charge in [-0.05, 0) is 44.9 Å². The smallest absolute Gasteiger partial charge is 0.387 e. The predicted octanol–water partition coefficient (Wildman–Crippen LogP) is 16.8. The van der Waals surface area contributed by atoms with Gasteiger partial charge in [0.1, 0.15) is 13.2 Å². The minimum Gasteiger partial charge on any atom is -0.387 e. The predicted molar refractivity (Wildman–Crippen MR) is 281 cm³/mol. The Balaban J connectivity index is 4.12. The molecule has 0 fully saturated rings. The number of likely N-dealkylation sites (N-methyl/N-ethyl adjacent to an activating group) is 1. The van der Waals surface area contributed by atoms with Crippen molar-refractivity contribution in [2.45, 2.75) is 289 Å². The number of rotatable bonds is 52. The van der Waals surface area contributed by atoms with E-state index < -0.39 is 20.0 Å². The average molecular weight is 940 g/mol. The Hall–Kier alpha value is -1.02. The molecule has 0 aliphatic carbocycles. The summed E-state index contributed by atoms with van der Waals surface area (Å²) in [6, 6.07) is -0.844. The van der Waals surface area contributed by atoms with E-state index in [0.717, 1.165) is 38.5 Å². The molecule has 1 amide bonds. The number of unbranched alkanes of at least 4 members (excludes halogenated alkanes) is 37. The van der Waals surface area contributed by atoms with Crippen LogP contribution in [0.1, 0.15) is 277 Å². The minimum atomic E-state index is -4.34. The van der Waals surface area contributed by atoms with Gasteiger partial charge in [0.05, 0.1) is 39.9 Å². The molecule has 3 atom stereocenters.